The van der Waals surface area contributed by atoms with Crippen LogP contribution in [0.5, 0.6) is 0 Å². The van der Waals surface area contributed by atoms with E-state index in [-0.39, 0.29) is 5.82 Å². The molecule has 3 aromatic rings. The minimum Gasteiger partial charge on any atom is -0.344 e. The third kappa shape index (κ3) is 5.63. The first-order valence-corrected chi connectivity index (χ1v) is 9.42. The average molecular weight is 379 g/mol. The van der Waals surface area contributed by atoms with Crippen molar-refractivity contribution in [1.82, 2.24) is 4.90 Å². The van der Waals surface area contributed by atoms with Crippen LogP contribution >= 0.6 is 12.2 Å². The Morgan fingerprint density at radius 3 is 2.19 bits per heavy atom. The smallest absolute Gasteiger partial charge is 0.173 e. The Labute approximate surface area is 165 Å². The highest BCUT2D eigenvalue weighted by Gasteiger charge is 2.12. The van der Waals surface area contributed by atoms with Gasteiger partial charge in [-0.1, -0.05) is 66.7 Å². The van der Waals surface area contributed by atoms with Crippen molar-refractivity contribution in [3.05, 3.63) is 101 Å². The van der Waals surface area contributed by atoms with Gasteiger partial charge in [0.2, 0.25) is 0 Å². The zero-order valence-electron chi connectivity index (χ0n) is 15.4. The van der Waals surface area contributed by atoms with Crippen LogP contribution in [-0.2, 0) is 13.0 Å². The molecule has 3 aromatic carbocycles. The highest BCUT2D eigenvalue weighted by Crippen LogP contribution is 2.15. The monoisotopic (exact) mass is 378 g/mol. The van der Waals surface area contributed by atoms with Gasteiger partial charge in [-0.15, -0.1) is 0 Å². The number of halogens is 1. The maximum atomic E-state index is 13.9. The summed E-state index contributed by atoms with van der Waals surface area (Å²) in [7, 11) is 0. The van der Waals surface area contributed by atoms with Gasteiger partial charge in [0, 0.05) is 18.8 Å². The number of aryl methyl sites for hydroxylation is 1. The molecule has 0 aromatic heterocycles. The molecule has 2 nitrogen and oxygen atoms in total. The topological polar surface area (TPSA) is 15.3 Å². The van der Waals surface area contributed by atoms with E-state index >= 15 is 0 Å². The molecule has 0 radical (unpaired) electrons. The molecule has 0 heterocycles. The van der Waals surface area contributed by atoms with E-state index in [1.165, 1.54) is 17.2 Å². The lowest BCUT2D eigenvalue weighted by atomic mass is 10.1. The van der Waals surface area contributed by atoms with Gasteiger partial charge in [-0.2, -0.15) is 0 Å². The van der Waals surface area contributed by atoms with Gasteiger partial charge in [0.15, 0.2) is 5.11 Å². The molecule has 0 bridgehead atoms. The molecular formula is C23H23FN2S. The lowest BCUT2D eigenvalue weighted by molar-refractivity contribution is 0.423. The van der Waals surface area contributed by atoms with Crippen molar-refractivity contribution in [3.8, 4) is 0 Å². The highest BCUT2D eigenvalue weighted by atomic mass is 32.1. The van der Waals surface area contributed by atoms with E-state index in [0.29, 0.717) is 22.9 Å². The average Bonchev–Trinajstić information content (AvgIpc) is 2.69. The lowest BCUT2D eigenvalue weighted by Crippen LogP contribution is -2.35. The predicted molar refractivity (Wildman–Crippen MR) is 114 cm³/mol. The molecule has 0 unspecified atom stereocenters. The third-order valence-electron chi connectivity index (χ3n) is 4.44. The van der Waals surface area contributed by atoms with Crippen LogP contribution in [0.3, 0.4) is 0 Å². The predicted octanol–water partition coefficient (Wildman–Crippen LogP) is 5.58. The van der Waals surface area contributed by atoms with Crippen molar-refractivity contribution in [2.75, 3.05) is 11.9 Å². The molecule has 3 rings (SSSR count). The van der Waals surface area contributed by atoms with Crippen LogP contribution < -0.4 is 5.32 Å². The molecule has 0 saturated carbocycles. The second-order valence-corrected chi connectivity index (χ2v) is 6.92. The molecular weight excluding hydrogens is 355 g/mol. The van der Waals surface area contributed by atoms with E-state index in [1.807, 2.05) is 42.5 Å². The second-order valence-electron chi connectivity index (χ2n) is 6.54. The Kier molecular flexibility index (Phi) is 6.55. The number of anilines is 1. The van der Waals surface area contributed by atoms with Gasteiger partial charge in [0.25, 0.3) is 0 Å². The standard InChI is InChI=1S/C23H23FN2S/c1-18-12-13-21(16-22(18)24)25-23(27)26(17-20-10-6-3-7-11-20)15-14-19-8-4-2-5-9-19/h2-13,16H,14-15,17H2,1H3,(H,25,27). The fraction of sp³-hybridized carbons (Fsp3) is 0.174. The summed E-state index contributed by atoms with van der Waals surface area (Å²) in [5.74, 6) is -0.235. The quantitative estimate of drug-likeness (QED) is 0.564. The summed E-state index contributed by atoms with van der Waals surface area (Å²) in [6.45, 7) is 3.23. The first kappa shape index (κ1) is 19.1. The molecule has 0 aliphatic carbocycles. The SMILES string of the molecule is Cc1ccc(NC(=S)N(CCc2ccccc2)Cc2ccccc2)cc1F. The third-order valence-corrected chi connectivity index (χ3v) is 4.80. The molecule has 0 saturated heterocycles. The zero-order chi connectivity index (χ0) is 19.1. The van der Waals surface area contributed by atoms with E-state index in [9.17, 15) is 4.39 Å². The molecule has 0 amide bonds. The van der Waals surface area contributed by atoms with Crippen LogP contribution in [0.4, 0.5) is 10.1 Å². The summed E-state index contributed by atoms with van der Waals surface area (Å²) in [4.78, 5) is 2.12. The van der Waals surface area contributed by atoms with Gasteiger partial charge in [0.1, 0.15) is 5.82 Å². The van der Waals surface area contributed by atoms with Crippen molar-refractivity contribution in [1.29, 1.82) is 0 Å². The Morgan fingerprint density at radius 2 is 1.56 bits per heavy atom. The largest absolute Gasteiger partial charge is 0.344 e. The maximum Gasteiger partial charge on any atom is 0.173 e. The van der Waals surface area contributed by atoms with E-state index < -0.39 is 0 Å². The summed E-state index contributed by atoms with van der Waals surface area (Å²) in [6.07, 6.45) is 0.887. The summed E-state index contributed by atoms with van der Waals surface area (Å²) in [5, 5.41) is 3.78. The van der Waals surface area contributed by atoms with Crippen molar-refractivity contribution < 1.29 is 4.39 Å². The summed E-state index contributed by atoms with van der Waals surface area (Å²) in [6, 6.07) is 25.7. The number of benzene rings is 3. The molecule has 0 spiro atoms. The van der Waals surface area contributed by atoms with Crippen LogP contribution in [0.1, 0.15) is 16.7 Å². The van der Waals surface area contributed by atoms with Crippen LogP contribution in [0.2, 0.25) is 0 Å². The highest BCUT2D eigenvalue weighted by molar-refractivity contribution is 7.80. The molecule has 0 atom stereocenters. The van der Waals surface area contributed by atoms with E-state index in [4.69, 9.17) is 12.2 Å². The molecule has 0 aliphatic heterocycles. The number of hydrogen-bond acceptors (Lipinski definition) is 1. The second kappa shape index (κ2) is 9.28. The maximum absolute atomic E-state index is 13.9. The number of rotatable bonds is 6. The molecule has 138 valence electrons. The normalized spacial score (nSPS) is 10.4. The van der Waals surface area contributed by atoms with Crippen molar-refractivity contribution in [2.45, 2.75) is 19.9 Å². The Balaban J connectivity index is 1.72. The van der Waals surface area contributed by atoms with E-state index in [1.54, 1.807) is 13.0 Å². The fourth-order valence-electron chi connectivity index (χ4n) is 2.84. The summed E-state index contributed by atoms with van der Waals surface area (Å²) < 4.78 is 13.9. The Hall–Kier alpha value is -2.72. The number of hydrogen-bond donors (Lipinski definition) is 1. The minimum atomic E-state index is -0.235. The van der Waals surface area contributed by atoms with Gasteiger partial charge < -0.3 is 10.2 Å². The van der Waals surface area contributed by atoms with Gasteiger partial charge >= 0.3 is 0 Å². The number of thiocarbonyl (C=S) groups is 1. The van der Waals surface area contributed by atoms with Gasteiger partial charge in [-0.3, -0.25) is 0 Å². The van der Waals surface area contributed by atoms with E-state index in [0.717, 1.165) is 13.0 Å². The Bertz CT molecular complexity index is 881. The minimum absolute atomic E-state index is 0.235. The van der Waals surface area contributed by atoms with Crippen LogP contribution in [-0.4, -0.2) is 16.6 Å². The van der Waals surface area contributed by atoms with Crippen LogP contribution in [0.15, 0.2) is 78.9 Å². The number of nitrogens with one attached hydrogen (secondary N) is 1. The number of nitrogens with zero attached hydrogens (tertiary/aromatic N) is 1. The van der Waals surface area contributed by atoms with Gasteiger partial charge in [-0.05, 0) is 54.4 Å². The lowest BCUT2D eigenvalue weighted by Gasteiger charge is -2.26. The zero-order valence-corrected chi connectivity index (χ0v) is 16.2. The van der Waals surface area contributed by atoms with Crippen LogP contribution in [0, 0.1) is 12.7 Å². The molecule has 4 heteroatoms. The fourth-order valence-corrected chi connectivity index (χ4v) is 3.11. The van der Waals surface area contributed by atoms with E-state index in [2.05, 4.69) is 34.5 Å². The molecule has 27 heavy (non-hydrogen) atoms. The summed E-state index contributed by atoms with van der Waals surface area (Å²) in [5.41, 5.74) is 3.74. The first-order valence-electron chi connectivity index (χ1n) is 9.02. The van der Waals surface area contributed by atoms with Gasteiger partial charge in [0.05, 0.1) is 0 Å². The van der Waals surface area contributed by atoms with Crippen molar-refractivity contribution >= 4 is 23.0 Å². The summed E-state index contributed by atoms with van der Waals surface area (Å²) >= 11 is 5.64. The van der Waals surface area contributed by atoms with Crippen molar-refractivity contribution in [3.63, 3.8) is 0 Å². The molecule has 0 aliphatic rings. The molecule has 1 N–H and O–H groups in total. The Morgan fingerprint density at radius 1 is 0.926 bits per heavy atom. The first-order chi connectivity index (χ1) is 13.1. The van der Waals surface area contributed by atoms with Crippen LogP contribution in [0.25, 0.3) is 0 Å². The molecule has 0 fully saturated rings. The van der Waals surface area contributed by atoms with Gasteiger partial charge in [-0.25, -0.2) is 4.39 Å². The van der Waals surface area contributed by atoms with Crippen molar-refractivity contribution in [2.24, 2.45) is 0 Å².